The van der Waals surface area contributed by atoms with Crippen LogP contribution in [0.15, 0.2) is 121 Å². The highest BCUT2D eigenvalue weighted by Gasteiger charge is 2.28. The van der Waals surface area contributed by atoms with Crippen molar-refractivity contribution in [2.75, 3.05) is 0 Å². The van der Waals surface area contributed by atoms with Gasteiger partial charge in [0.15, 0.2) is 0 Å². The summed E-state index contributed by atoms with van der Waals surface area (Å²) in [7, 11) is 0. The smallest absolute Gasteiger partial charge is 0.00108 e. The minimum Gasteiger partial charge on any atom is -0.0610 e. The Kier molecular flexibility index (Phi) is 6.63. The zero-order chi connectivity index (χ0) is 41.8. The zero-order valence-corrected chi connectivity index (χ0v) is 36.9. The summed E-state index contributed by atoms with van der Waals surface area (Å²) in [5.74, 6) is 1.51. The fraction of sp³-hybridized carbons (Fsp3) is 0.194. The van der Waals surface area contributed by atoms with Crippen LogP contribution < -0.4 is 0 Å². The second kappa shape index (κ2) is 11.7. The first-order valence-electron chi connectivity index (χ1n) is 23.1. The SMILES string of the molecule is CC(C)c1cc2c3cccc4cccc(c5c(C(C)C)cc6c7cc8cc9c(cc8cc7c1c6c25)c1c(C(C)C)cc2c5cccc6cccc(c7c(C(C)C)cc9c1c27)c65)c43. The number of rotatable bonds is 4. The van der Waals surface area contributed by atoms with Gasteiger partial charge in [0, 0.05) is 0 Å². The summed E-state index contributed by atoms with van der Waals surface area (Å²) in [4.78, 5) is 0. The zero-order valence-electron chi connectivity index (χ0n) is 36.9. The number of hydrogen-bond acceptors (Lipinski definition) is 0. The van der Waals surface area contributed by atoms with Crippen molar-refractivity contribution in [2.45, 2.75) is 79.1 Å². The van der Waals surface area contributed by atoms with Crippen LogP contribution in [0.4, 0.5) is 0 Å². The molecule has 0 heteroatoms. The highest BCUT2D eigenvalue weighted by molar-refractivity contribution is 6.46. The molecule has 0 heterocycles. The lowest BCUT2D eigenvalue weighted by Crippen LogP contribution is -1.97. The Morgan fingerprint density at radius 3 is 0.790 bits per heavy atom. The van der Waals surface area contributed by atoms with Crippen molar-refractivity contribution >= 4 is 140 Å². The molecule has 14 aromatic carbocycles. The Balaban J connectivity index is 1.19. The maximum atomic E-state index is 2.60. The Morgan fingerprint density at radius 1 is 0.210 bits per heavy atom. The molecule has 0 aliphatic rings. The van der Waals surface area contributed by atoms with Gasteiger partial charge in [-0.15, -0.1) is 0 Å². The predicted octanol–water partition coefficient (Wildman–Crippen LogP) is 18.9. The molecule has 0 amide bonds. The van der Waals surface area contributed by atoms with Crippen molar-refractivity contribution in [3.8, 4) is 0 Å². The van der Waals surface area contributed by atoms with Gasteiger partial charge in [-0.05, 0) is 234 Å². The van der Waals surface area contributed by atoms with Crippen LogP contribution in [-0.2, 0) is 0 Å². The molecule has 0 bridgehead atoms. The Hall–Kier alpha value is -6.50. The Morgan fingerprint density at radius 2 is 0.468 bits per heavy atom. The van der Waals surface area contributed by atoms with Gasteiger partial charge in [0.1, 0.15) is 0 Å². The molecule has 0 aliphatic heterocycles. The monoisotopic (exact) mass is 792 g/mol. The molecular formula is C62H48. The molecule has 0 nitrogen and oxygen atoms in total. The molecule has 14 aromatic rings. The normalized spacial score (nSPS) is 13.4. The average Bonchev–Trinajstić information content (AvgIpc) is 3.76. The summed E-state index contributed by atoms with van der Waals surface area (Å²) in [6.07, 6.45) is 0. The van der Waals surface area contributed by atoms with E-state index in [1.165, 1.54) is 162 Å². The Labute approximate surface area is 361 Å². The van der Waals surface area contributed by atoms with Crippen molar-refractivity contribution in [1.82, 2.24) is 0 Å². The van der Waals surface area contributed by atoms with Crippen LogP contribution in [0.25, 0.3) is 140 Å². The van der Waals surface area contributed by atoms with Gasteiger partial charge in [-0.1, -0.05) is 128 Å². The maximum absolute atomic E-state index is 2.60. The molecule has 296 valence electrons. The first-order chi connectivity index (χ1) is 30.1. The van der Waals surface area contributed by atoms with Crippen LogP contribution in [-0.4, -0.2) is 0 Å². The molecule has 0 unspecified atom stereocenters. The summed E-state index contributed by atoms with van der Waals surface area (Å²) < 4.78 is 0. The van der Waals surface area contributed by atoms with Crippen LogP contribution in [0, 0.1) is 0 Å². The van der Waals surface area contributed by atoms with E-state index in [0.29, 0.717) is 23.7 Å². The van der Waals surface area contributed by atoms with Crippen LogP contribution >= 0.6 is 0 Å². The van der Waals surface area contributed by atoms with Gasteiger partial charge in [0.25, 0.3) is 0 Å². The minimum atomic E-state index is 0.374. The van der Waals surface area contributed by atoms with E-state index in [0.717, 1.165) is 0 Å². The summed E-state index contributed by atoms with van der Waals surface area (Å²) in [6.45, 7) is 19.1. The third-order valence-electron chi connectivity index (χ3n) is 15.6. The van der Waals surface area contributed by atoms with Crippen molar-refractivity contribution in [3.05, 3.63) is 144 Å². The van der Waals surface area contributed by atoms with Crippen molar-refractivity contribution in [2.24, 2.45) is 0 Å². The van der Waals surface area contributed by atoms with E-state index < -0.39 is 0 Å². The molecule has 0 atom stereocenters. The summed E-state index contributed by atoms with van der Waals surface area (Å²) in [6, 6.07) is 48.4. The largest absolute Gasteiger partial charge is 0.0610 e. The lowest BCUT2D eigenvalue weighted by molar-refractivity contribution is 0.877. The van der Waals surface area contributed by atoms with Gasteiger partial charge in [-0.3, -0.25) is 0 Å². The van der Waals surface area contributed by atoms with Gasteiger partial charge in [0.2, 0.25) is 0 Å². The topological polar surface area (TPSA) is 0 Å². The molecule has 62 heavy (non-hydrogen) atoms. The van der Waals surface area contributed by atoms with Crippen LogP contribution in [0.3, 0.4) is 0 Å². The van der Waals surface area contributed by atoms with Crippen LogP contribution in [0.2, 0.25) is 0 Å². The number of benzene rings is 12. The first kappa shape index (κ1) is 35.1. The molecular weight excluding hydrogens is 745 g/mol. The van der Waals surface area contributed by atoms with E-state index in [9.17, 15) is 0 Å². The van der Waals surface area contributed by atoms with E-state index >= 15 is 0 Å². The molecule has 14 rings (SSSR count). The van der Waals surface area contributed by atoms with Gasteiger partial charge < -0.3 is 0 Å². The molecule has 0 saturated heterocycles. The van der Waals surface area contributed by atoms with Crippen molar-refractivity contribution in [3.63, 3.8) is 0 Å². The fourth-order valence-corrected chi connectivity index (χ4v) is 12.9. The van der Waals surface area contributed by atoms with E-state index in [4.69, 9.17) is 0 Å². The van der Waals surface area contributed by atoms with Crippen molar-refractivity contribution < 1.29 is 0 Å². The fourth-order valence-electron chi connectivity index (χ4n) is 12.9. The van der Waals surface area contributed by atoms with Crippen LogP contribution in [0.1, 0.15) is 101 Å². The van der Waals surface area contributed by atoms with E-state index in [-0.39, 0.29) is 0 Å². The molecule has 0 N–H and O–H groups in total. The lowest BCUT2D eigenvalue weighted by Gasteiger charge is -2.21. The van der Waals surface area contributed by atoms with Crippen molar-refractivity contribution in [1.29, 1.82) is 0 Å². The maximum Gasteiger partial charge on any atom is -0.00108 e. The van der Waals surface area contributed by atoms with Gasteiger partial charge >= 0.3 is 0 Å². The minimum absolute atomic E-state index is 0.374. The quantitative estimate of drug-likeness (QED) is 0.123. The highest BCUT2D eigenvalue weighted by Crippen LogP contribution is 2.55. The second-order valence-corrected chi connectivity index (χ2v) is 20.2. The summed E-state index contributed by atoms with van der Waals surface area (Å²) >= 11 is 0. The van der Waals surface area contributed by atoms with E-state index in [1.807, 2.05) is 0 Å². The van der Waals surface area contributed by atoms with Gasteiger partial charge in [-0.2, -0.15) is 0 Å². The molecule has 0 radical (unpaired) electrons. The average molecular weight is 793 g/mol. The number of fused-ring (bicyclic) bond motifs is 11. The third-order valence-corrected chi connectivity index (χ3v) is 15.6. The predicted molar refractivity (Wildman–Crippen MR) is 275 cm³/mol. The third kappa shape index (κ3) is 4.11. The van der Waals surface area contributed by atoms with Gasteiger partial charge in [0.05, 0.1) is 0 Å². The number of hydrogen-bond donors (Lipinski definition) is 0. The molecule has 0 saturated carbocycles. The molecule has 0 aromatic heterocycles. The lowest BCUT2D eigenvalue weighted by atomic mass is 9.82. The standard InChI is InChI=1S/C62H48/c1-29(2)41-27-51-45-21-35-22-46-48(24-36(35)23-47(45)57-43(31(5)6)25-49-37-17-9-13-33-15-11-19-39(53(33)37)55(41)59(49)61(51)57)58-44(32(7)8)26-50-38-18-10-14-34-16-12-20-40(54(34)38)56-42(30(3)4)28-52(46)62(58)60(50)56/h9-32H,1-8H3. The molecule has 0 spiro atoms. The summed E-state index contributed by atoms with van der Waals surface area (Å²) in [5.41, 5.74) is 5.82. The van der Waals surface area contributed by atoms with E-state index in [2.05, 4.69) is 177 Å². The van der Waals surface area contributed by atoms with Gasteiger partial charge in [-0.25, -0.2) is 0 Å². The highest BCUT2D eigenvalue weighted by atomic mass is 14.3. The summed E-state index contributed by atoms with van der Waals surface area (Å²) in [5, 5.41) is 36.5. The first-order valence-corrected chi connectivity index (χ1v) is 23.1. The van der Waals surface area contributed by atoms with E-state index in [1.54, 1.807) is 0 Å². The van der Waals surface area contributed by atoms with Crippen LogP contribution in [0.5, 0.6) is 0 Å². The molecule has 0 aliphatic carbocycles. The second-order valence-electron chi connectivity index (χ2n) is 20.2. The Bertz CT molecular complexity index is 3960. The molecule has 0 fully saturated rings.